The number of fused-ring (bicyclic) bond motifs is 4. The first-order valence-electron chi connectivity index (χ1n) is 8.32. The molecular weight excluding hydrogens is 322 g/mol. The molecule has 2 N–H and O–H groups in total. The van der Waals surface area contributed by atoms with Crippen molar-refractivity contribution in [2.45, 2.75) is 25.4 Å². The molecule has 0 saturated heterocycles. The Morgan fingerprint density at radius 2 is 1.80 bits per heavy atom. The van der Waals surface area contributed by atoms with Crippen LogP contribution in [0, 0.1) is 5.21 Å². The summed E-state index contributed by atoms with van der Waals surface area (Å²) in [5, 5.41) is 34.3. The van der Waals surface area contributed by atoms with Crippen LogP contribution in [0.2, 0.25) is 0 Å². The maximum atomic E-state index is 13.5. The van der Waals surface area contributed by atoms with E-state index >= 15 is 0 Å². The van der Waals surface area contributed by atoms with Crippen molar-refractivity contribution in [3.8, 4) is 23.0 Å². The van der Waals surface area contributed by atoms with Gasteiger partial charge < -0.3 is 29.5 Å². The lowest BCUT2D eigenvalue weighted by Gasteiger charge is -2.54. The van der Waals surface area contributed by atoms with Gasteiger partial charge in [-0.2, -0.15) is 0 Å². The number of ether oxygens (including phenoxy) is 2. The number of phenols is 2. The molecule has 2 aliphatic heterocycles. The van der Waals surface area contributed by atoms with Crippen LogP contribution in [0.15, 0.2) is 24.3 Å². The molecule has 4 rings (SSSR count). The average Bonchev–Trinajstić information content (AvgIpc) is 2.60. The Hall–Kier alpha value is -2.44. The number of hydroxylamine groups is 3. The summed E-state index contributed by atoms with van der Waals surface area (Å²) in [4.78, 5) is 0. The number of hydrogen-bond donors (Lipinski definition) is 2. The summed E-state index contributed by atoms with van der Waals surface area (Å²) >= 11 is 0. The number of aromatic hydroxyl groups is 2. The molecule has 0 saturated carbocycles. The Morgan fingerprint density at radius 3 is 2.52 bits per heavy atom. The summed E-state index contributed by atoms with van der Waals surface area (Å²) in [7, 11) is 3.00. The minimum absolute atomic E-state index is 0.0595. The Labute approximate surface area is 146 Å². The van der Waals surface area contributed by atoms with E-state index in [2.05, 4.69) is 0 Å². The highest BCUT2D eigenvalue weighted by molar-refractivity contribution is 5.54. The highest BCUT2D eigenvalue weighted by Gasteiger charge is 2.43. The number of hydrogen-bond acceptors (Lipinski definition) is 5. The largest absolute Gasteiger partial charge is 0.632 e. The van der Waals surface area contributed by atoms with Crippen LogP contribution in [0.1, 0.15) is 28.3 Å². The lowest BCUT2D eigenvalue weighted by atomic mass is 9.82. The van der Waals surface area contributed by atoms with Crippen molar-refractivity contribution in [2.75, 3.05) is 20.8 Å². The highest BCUT2D eigenvalue weighted by Crippen LogP contribution is 2.50. The molecule has 2 heterocycles. The van der Waals surface area contributed by atoms with Crippen LogP contribution < -0.4 is 9.47 Å². The van der Waals surface area contributed by atoms with E-state index in [0.717, 1.165) is 16.7 Å². The molecule has 0 aliphatic carbocycles. The van der Waals surface area contributed by atoms with Crippen LogP contribution in [-0.4, -0.2) is 35.6 Å². The van der Waals surface area contributed by atoms with Crippen LogP contribution in [0.25, 0.3) is 0 Å². The first-order chi connectivity index (χ1) is 12.0. The van der Waals surface area contributed by atoms with E-state index in [9.17, 15) is 15.4 Å². The predicted molar refractivity (Wildman–Crippen MR) is 91.7 cm³/mol. The van der Waals surface area contributed by atoms with Gasteiger partial charge in [-0.1, -0.05) is 6.07 Å². The number of phenolic OH excluding ortho intramolecular Hbond substituents is 2. The quantitative estimate of drug-likeness (QED) is 0.647. The van der Waals surface area contributed by atoms with Crippen molar-refractivity contribution < 1.29 is 24.3 Å². The third-order valence-corrected chi connectivity index (χ3v) is 5.50. The van der Waals surface area contributed by atoms with Gasteiger partial charge in [0.2, 0.25) is 0 Å². The number of rotatable bonds is 2. The second-order valence-corrected chi connectivity index (χ2v) is 6.79. The molecule has 25 heavy (non-hydrogen) atoms. The van der Waals surface area contributed by atoms with Gasteiger partial charge in [0.1, 0.15) is 12.6 Å². The zero-order chi connectivity index (χ0) is 17.8. The summed E-state index contributed by atoms with van der Waals surface area (Å²) in [6, 6.07) is 6.69. The van der Waals surface area contributed by atoms with Crippen molar-refractivity contribution in [2.24, 2.45) is 0 Å². The van der Waals surface area contributed by atoms with Gasteiger partial charge in [-0.25, -0.2) is 0 Å². The normalized spacial score (nSPS) is 24.0. The van der Waals surface area contributed by atoms with Crippen LogP contribution in [-0.2, 0) is 19.4 Å². The van der Waals surface area contributed by atoms with E-state index in [0.29, 0.717) is 43.0 Å². The maximum absolute atomic E-state index is 13.5. The number of methoxy groups -OCH3 is 2. The molecule has 2 aromatic rings. The van der Waals surface area contributed by atoms with Crippen molar-refractivity contribution in [1.29, 1.82) is 0 Å². The molecule has 0 fully saturated rings. The standard InChI is InChI=1S/C19H21NO5/c1-24-16-4-3-11-5-6-20(23)10-13-9-17(25-2)15(21)8-12(13)7-14(20)18(11)19(16)22/h3-4,8-9,14,21-22H,5-7,10H2,1-2H3. The molecule has 0 aromatic heterocycles. The summed E-state index contributed by atoms with van der Waals surface area (Å²) in [5.74, 6) is 0.892. The summed E-state index contributed by atoms with van der Waals surface area (Å²) in [6.07, 6.45) is 1.08. The van der Waals surface area contributed by atoms with E-state index in [1.807, 2.05) is 6.07 Å². The topological polar surface area (TPSA) is 82.0 Å². The average molecular weight is 343 g/mol. The van der Waals surface area contributed by atoms with Gasteiger partial charge in [0.05, 0.1) is 26.3 Å². The third kappa shape index (κ3) is 2.33. The van der Waals surface area contributed by atoms with Crippen LogP contribution in [0.3, 0.4) is 0 Å². The molecule has 132 valence electrons. The van der Waals surface area contributed by atoms with Crippen molar-refractivity contribution in [1.82, 2.24) is 0 Å². The fraction of sp³-hybridized carbons (Fsp3) is 0.368. The second-order valence-electron chi connectivity index (χ2n) is 6.79. The van der Waals surface area contributed by atoms with Crippen LogP contribution >= 0.6 is 0 Å². The first-order valence-corrected chi connectivity index (χ1v) is 8.32. The molecule has 0 spiro atoms. The van der Waals surface area contributed by atoms with E-state index in [4.69, 9.17) is 9.47 Å². The van der Waals surface area contributed by atoms with E-state index in [1.54, 1.807) is 18.2 Å². The van der Waals surface area contributed by atoms with Crippen molar-refractivity contribution in [3.63, 3.8) is 0 Å². The van der Waals surface area contributed by atoms with Gasteiger partial charge in [-0.05, 0) is 29.3 Å². The van der Waals surface area contributed by atoms with Gasteiger partial charge in [-0.3, -0.25) is 0 Å². The smallest absolute Gasteiger partial charge is 0.167 e. The fourth-order valence-electron chi connectivity index (χ4n) is 4.19. The minimum Gasteiger partial charge on any atom is -0.632 e. The highest BCUT2D eigenvalue weighted by atomic mass is 16.5. The van der Waals surface area contributed by atoms with E-state index < -0.39 is 10.7 Å². The molecule has 2 aromatic carbocycles. The summed E-state index contributed by atoms with van der Waals surface area (Å²) in [6.45, 7) is 0.763. The Morgan fingerprint density at radius 1 is 1.04 bits per heavy atom. The summed E-state index contributed by atoms with van der Waals surface area (Å²) < 4.78 is 9.99. The molecule has 0 radical (unpaired) electrons. The molecule has 2 aliphatic rings. The zero-order valence-electron chi connectivity index (χ0n) is 14.3. The van der Waals surface area contributed by atoms with Crippen LogP contribution in [0.4, 0.5) is 0 Å². The molecule has 6 heteroatoms. The number of nitrogens with zero attached hydrogens (tertiary/aromatic N) is 1. The lowest BCUT2D eigenvalue weighted by Crippen LogP contribution is -2.52. The molecular formula is C19H21NO5. The van der Waals surface area contributed by atoms with E-state index in [-0.39, 0.29) is 11.5 Å². The van der Waals surface area contributed by atoms with Gasteiger partial charge in [0.25, 0.3) is 0 Å². The summed E-state index contributed by atoms with van der Waals surface area (Å²) in [5.41, 5.74) is 3.49. The van der Waals surface area contributed by atoms with Gasteiger partial charge >= 0.3 is 0 Å². The Bertz CT molecular complexity index is 850. The van der Waals surface area contributed by atoms with E-state index in [1.165, 1.54) is 14.2 Å². The SMILES string of the molecule is COc1cc2c(cc1O)CC1c3c(ccc(OC)c3O)CC[N+]1([O-])C2. The molecule has 2 atom stereocenters. The molecule has 0 bridgehead atoms. The third-order valence-electron chi connectivity index (χ3n) is 5.50. The first kappa shape index (κ1) is 16.1. The van der Waals surface area contributed by atoms with Gasteiger partial charge in [-0.15, -0.1) is 0 Å². The zero-order valence-corrected chi connectivity index (χ0v) is 14.3. The Balaban J connectivity index is 1.85. The van der Waals surface area contributed by atoms with Crippen LogP contribution in [0.5, 0.6) is 23.0 Å². The molecule has 6 nitrogen and oxygen atoms in total. The molecule has 2 unspecified atom stereocenters. The minimum atomic E-state index is -0.408. The van der Waals surface area contributed by atoms with Gasteiger partial charge in [0.15, 0.2) is 23.0 Å². The second kappa shape index (κ2) is 5.54. The lowest BCUT2D eigenvalue weighted by molar-refractivity contribution is -0.928. The van der Waals surface area contributed by atoms with Crippen molar-refractivity contribution in [3.05, 3.63) is 51.7 Å². The van der Waals surface area contributed by atoms with Crippen molar-refractivity contribution >= 4 is 0 Å². The fourth-order valence-corrected chi connectivity index (χ4v) is 4.19. The predicted octanol–water partition coefficient (Wildman–Crippen LogP) is 2.78. The number of quaternary nitrogens is 1. The van der Waals surface area contributed by atoms with Gasteiger partial charge in [0, 0.05) is 18.4 Å². The monoisotopic (exact) mass is 343 g/mol. The maximum Gasteiger partial charge on any atom is 0.167 e. The molecule has 0 amide bonds. The Kier molecular flexibility index (Phi) is 3.56. The number of benzene rings is 2.